The third kappa shape index (κ3) is 9.22. The van der Waals surface area contributed by atoms with Crippen molar-refractivity contribution in [2.45, 2.75) is 51.0 Å². The number of ether oxygens (including phenoxy) is 2. The number of carbonyl (C=O) groups is 2. The van der Waals surface area contributed by atoms with Crippen LogP contribution in [0.2, 0.25) is 0 Å². The van der Waals surface area contributed by atoms with Crippen LogP contribution in [0, 0.1) is 18.7 Å². The number of hydrogen-bond acceptors (Lipinski definition) is 6. The fourth-order valence-corrected chi connectivity index (χ4v) is 6.76. The first-order valence-electron chi connectivity index (χ1n) is 17.0. The molecule has 4 atom stereocenters. The molecular weight excluding hydrogens is 711 g/mol. The van der Waals surface area contributed by atoms with Crippen LogP contribution in [0.15, 0.2) is 132 Å². The molecule has 51 heavy (non-hydrogen) atoms. The number of rotatable bonds is 14. The molecule has 1 heterocycles. The SMILES string of the molecule is Cc1ccc(N[C@H](c2ccc(Br)cc2OCc2ccccc2)[C@@H](CC[C@H](O)c2ccc(F)cc2)C(=O)N2C(=O)OC[C@@H]2Cc2ccccc2)cc1. The summed E-state index contributed by atoms with van der Waals surface area (Å²) in [5.74, 6) is -1.15. The van der Waals surface area contributed by atoms with Gasteiger partial charge < -0.3 is 19.9 Å². The summed E-state index contributed by atoms with van der Waals surface area (Å²) in [5, 5.41) is 14.9. The zero-order valence-electron chi connectivity index (χ0n) is 28.3. The molecule has 7 nitrogen and oxygen atoms in total. The Morgan fingerprint density at radius 1 is 0.922 bits per heavy atom. The first kappa shape index (κ1) is 35.8. The second-order valence-corrected chi connectivity index (χ2v) is 13.7. The van der Waals surface area contributed by atoms with Crippen molar-refractivity contribution in [3.05, 3.63) is 166 Å². The molecule has 2 N–H and O–H groups in total. The monoisotopic (exact) mass is 750 g/mol. The van der Waals surface area contributed by atoms with Crippen LogP contribution >= 0.6 is 15.9 Å². The first-order chi connectivity index (χ1) is 24.7. The summed E-state index contributed by atoms with van der Waals surface area (Å²) in [6.45, 7) is 2.37. The van der Waals surface area contributed by atoms with Crippen LogP contribution in [0.3, 0.4) is 0 Å². The second kappa shape index (κ2) is 16.8. The van der Waals surface area contributed by atoms with E-state index in [9.17, 15) is 19.1 Å². The average Bonchev–Trinajstić information content (AvgIpc) is 3.51. The molecule has 1 aliphatic heterocycles. The molecule has 6 rings (SSSR count). The van der Waals surface area contributed by atoms with E-state index in [0.29, 0.717) is 29.9 Å². The molecule has 0 unspecified atom stereocenters. The van der Waals surface area contributed by atoms with Gasteiger partial charge in [-0.3, -0.25) is 4.79 Å². The van der Waals surface area contributed by atoms with E-state index in [2.05, 4.69) is 21.2 Å². The number of anilines is 1. The Morgan fingerprint density at radius 3 is 2.27 bits per heavy atom. The van der Waals surface area contributed by atoms with Crippen molar-refractivity contribution in [3.8, 4) is 5.75 Å². The van der Waals surface area contributed by atoms with Crippen LogP contribution in [0.1, 0.15) is 52.8 Å². The number of nitrogens with one attached hydrogen (secondary N) is 1. The summed E-state index contributed by atoms with van der Waals surface area (Å²) in [7, 11) is 0. The van der Waals surface area contributed by atoms with Gasteiger partial charge in [-0.2, -0.15) is 0 Å². The summed E-state index contributed by atoms with van der Waals surface area (Å²) in [6, 6.07) is 37.5. The van der Waals surface area contributed by atoms with E-state index in [1.165, 1.54) is 29.2 Å². The van der Waals surface area contributed by atoms with Gasteiger partial charge in [0.25, 0.3) is 0 Å². The van der Waals surface area contributed by atoms with Crippen LogP contribution in [0.5, 0.6) is 5.75 Å². The summed E-state index contributed by atoms with van der Waals surface area (Å²) in [4.78, 5) is 29.6. The quantitative estimate of drug-likeness (QED) is 0.118. The van der Waals surface area contributed by atoms with Crippen LogP contribution in [0.4, 0.5) is 14.9 Å². The lowest BCUT2D eigenvalue weighted by molar-refractivity contribution is -0.134. The molecule has 0 aliphatic carbocycles. The molecule has 5 aromatic carbocycles. The van der Waals surface area contributed by atoms with E-state index >= 15 is 0 Å². The number of amides is 2. The Balaban J connectivity index is 1.41. The number of nitrogens with zero attached hydrogens (tertiary/aromatic N) is 1. The first-order valence-corrected chi connectivity index (χ1v) is 17.8. The van der Waals surface area contributed by atoms with Gasteiger partial charge in [0.2, 0.25) is 5.91 Å². The number of aliphatic hydroxyl groups excluding tert-OH is 1. The van der Waals surface area contributed by atoms with Crippen molar-refractivity contribution in [2.24, 2.45) is 5.92 Å². The van der Waals surface area contributed by atoms with Gasteiger partial charge in [-0.1, -0.05) is 112 Å². The zero-order chi connectivity index (χ0) is 35.7. The van der Waals surface area contributed by atoms with E-state index in [0.717, 1.165) is 26.9 Å². The molecule has 0 saturated carbocycles. The lowest BCUT2D eigenvalue weighted by Crippen LogP contribution is -2.46. The van der Waals surface area contributed by atoms with Gasteiger partial charge in [-0.15, -0.1) is 0 Å². The molecule has 1 aliphatic rings. The Kier molecular flexibility index (Phi) is 11.8. The fourth-order valence-electron chi connectivity index (χ4n) is 6.42. The highest BCUT2D eigenvalue weighted by Crippen LogP contribution is 2.40. The van der Waals surface area contributed by atoms with Gasteiger partial charge in [-0.25, -0.2) is 14.1 Å². The van der Waals surface area contributed by atoms with Crippen LogP contribution < -0.4 is 10.1 Å². The van der Waals surface area contributed by atoms with Crippen molar-refractivity contribution in [3.63, 3.8) is 0 Å². The molecule has 0 spiro atoms. The average molecular weight is 752 g/mol. The van der Waals surface area contributed by atoms with E-state index in [1.54, 1.807) is 0 Å². The van der Waals surface area contributed by atoms with Gasteiger partial charge in [0, 0.05) is 15.7 Å². The molecule has 262 valence electrons. The van der Waals surface area contributed by atoms with Crippen LogP contribution in [-0.4, -0.2) is 34.7 Å². The third-order valence-corrected chi connectivity index (χ3v) is 9.65. The number of aryl methyl sites for hydroxylation is 1. The number of aliphatic hydroxyl groups is 1. The highest BCUT2D eigenvalue weighted by atomic mass is 79.9. The predicted octanol–water partition coefficient (Wildman–Crippen LogP) is 9.35. The lowest BCUT2D eigenvalue weighted by Gasteiger charge is -2.33. The van der Waals surface area contributed by atoms with Crippen molar-refractivity contribution >= 4 is 33.6 Å². The number of halogens is 2. The maximum Gasteiger partial charge on any atom is 0.416 e. The van der Waals surface area contributed by atoms with Crippen molar-refractivity contribution in [1.82, 2.24) is 4.90 Å². The third-order valence-electron chi connectivity index (χ3n) is 9.16. The molecule has 0 radical (unpaired) electrons. The highest BCUT2D eigenvalue weighted by molar-refractivity contribution is 9.10. The molecule has 5 aromatic rings. The maximum absolute atomic E-state index is 15.0. The fraction of sp³-hybridized carbons (Fsp3) is 0.238. The van der Waals surface area contributed by atoms with Crippen molar-refractivity contribution < 1.29 is 28.6 Å². The minimum absolute atomic E-state index is 0.0736. The molecule has 1 saturated heterocycles. The largest absolute Gasteiger partial charge is 0.489 e. The van der Waals surface area contributed by atoms with Gasteiger partial charge in [0.05, 0.1) is 24.1 Å². The Bertz CT molecular complexity index is 1910. The zero-order valence-corrected chi connectivity index (χ0v) is 29.8. The van der Waals surface area contributed by atoms with E-state index in [-0.39, 0.29) is 19.4 Å². The van der Waals surface area contributed by atoms with E-state index in [1.807, 2.05) is 110 Å². The molecule has 9 heteroatoms. The van der Waals surface area contributed by atoms with Gasteiger partial charge in [0.1, 0.15) is 24.8 Å². The summed E-state index contributed by atoms with van der Waals surface area (Å²) in [6.07, 6.45) is -0.905. The minimum atomic E-state index is -0.981. The Hall–Kier alpha value is -4.99. The summed E-state index contributed by atoms with van der Waals surface area (Å²) >= 11 is 3.60. The highest BCUT2D eigenvalue weighted by Gasteiger charge is 2.44. The summed E-state index contributed by atoms with van der Waals surface area (Å²) < 4.78 is 26.5. The minimum Gasteiger partial charge on any atom is -0.489 e. The van der Waals surface area contributed by atoms with Crippen LogP contribution in [-0.2, 0) is 22.6 Å². The molecule has 0 aromatic heterocycles. The maximum atomic E-state index is 15.0. The number of cyclic esters (lactones) is 1. The second-order valence-electron chi connectivity index (χ2n) is 12.8. The predicted molar refractivity (Wildman–Crippen MR) is 199 cm³/mol. The number of benzene rings is 5. The van der Waals surface area contributed by atoms with E-state index < -0.39 is 41.9 Å². The normalized spacial score (nSPS) is 15.9. The number of imide groups is 1. The van der Waals surface area contributed by atoms with Crippen molar-refractivity contribution in [1.29, 1.82) is 0 Å². The molecule has 1 fully saturated rings. The van der Waals surface area contributed by atoms with Gasteiger partial charge >= 0.3 is 6.09 Å². The van der Waals surface area contributed by atoms with E-state index in [4.69, 9.17) is 9.47 Å². The molecular formula is C42H40BrFN2O5. The Morgan fingerprint density at radius 2 is 1.59 bits per heavy atom. The summed E-state index contributed by atoms with van der Waals surface area (Å²) in [5.41, 5.74) is 5.03. The Labute approximate surface area is 306 Å². The lowest BCUT2D eigenvalue weighted by atomic mass is 9.85. The van der Waals surface area contributed by atoms with Gasteiger partial charge in [0.15, 0.2) is 0 Å². The van der Waals surface area contributed by atoms with Gasteiger partial charge in [-0.05, 0) is 79.3 Å². The molecule has 0 bridgehead atoms. The van der Waals surface area contributed by atoms with Crippen LogP contribution in [0.25, 0.3) is 0 Å². The topological polar surface area (TPSA) is 88.1 Å². The molecule has 2 amide bonds. The standard InChI is InChI=1S/C42H40BrFN2O5/c1-28-12-19-34(20-13-28)45-40(36-21-16-32(43)25-39(36)50-26-30-10-6-3-7-11-30)37(22-23-38(47)31-14-17-33(44)18-15-31)41(48)46-35(27-51-42(46)49)24-29-8-4-2-5-9-29/h2-21,25,35,37-38,40,45,47H,22-24,26-27H2,1H3/t35-,37+,38-,40+/m0/s1. The number of carbonyl (C=O) groups excluding carboxylic acids is 2. The smallest absolute Gasteiger partial charge is 0.416 e. The number of hydrogen-bond donors (Lipinski definition) is 2. The van der Waals surface area contributed by atoms with Crippen molar-refractivity contribution in [2.75, 3.05) is 11.9 Å².